The number of halogens is 2. The number of aromatic nitrogens is 2. The van der Waals surface area contributed by atoms with Crippen molar-refractivity contribution in [1.82, 2.24) is 14.9 Å². The normalized spacial score (nSPS) is 19.9. The van der Waals surface area contributed by atoms with Crippen LogP contribution in [0.4, 0.5) is 8.78 Å². The lowest BCUT2D eigenvalue weighted by molar-refractivity contribution is 0.0764. The number of aliphatic hydroxyl groups excluding tert-OH is 1. The molecule has 4 rings (SSSR count). The molecule has 1 aliphatic rings. The van der Waals surface area contributed by atoms with E-state index in [2.05, 4.69) is 9.97 Å². The zero-order valence-corrected chi connectivity index (χ0v) is 13.6. The minimum absolute atomic E-state index is 0.0870. The van der Waals surface area contributed by atoms with Crippen LogP contribution in [-0.4, -0.2) is 51.2 Å². The maximum absolute atomic E-state index is 14.2. The molecule has 5 nitrogen and oxygen atoms in total. The third-order valence-corrected chi connectivity index (χ3v) is 4.45. The number of pyridine rings is 2. The quantitative estimate of drug-likeness (QED) is 0.767. The van der Waals surface area contributed by atoms with E-state index < -0.39 is 24.0 Å². The lowest BCUT2D eigenvalue weighted by atomic mass is 10.0. The first-order valence-corrected chi connectivity index (χ1v) is 8.15. The lowest BCUT2D eigenvalue weighted by Gasteiger charge is -2.16. The van der Waals surface area contributed by atoms with E-state index in [0.29, 0.717) is 16.8 Å². The Kier molecular flexibility index (Phi) is 4.08. The molecular weight excluding hydrogens is 340 g/mol. The van der Waals surface area contributed by atoms with Gasteiger partial charge in [0, 0.05) is 35.5 Å². The lowest BCUT2D eigenvalue weighted by Crippen LogP contribution is -2.29. The molecule has 1 N–H and O–H groups in total. The standard InChI is InChI=1S/C19H15F2N3O2/c20-13-7-11(18-14-2-1-4-22-16(14)3-5-23-18)6-12(8-13)19(26)24-9-15(21)17(25)10-24/h1-8,15,17,25H,9-10H2/t15-,17-/m1/s1. The molecule has 26 heavy (non-hydrogen) atoms. The zero-order chi connectivity index (χ0) is 18.3. The van der Waals surface area contributed by atoms with Crippen molar-refractivity contribution < 1.29 is 18.7 Å². The maximum atomic E-state index is 14.2. The third kappa shape index (κ3) is 2.90. The van der Waals surface area contributed by atoms with Gasteiger partial charge in [0.2, 0.25) is 0 Å². The van der Waals surface area contributed by atoms with Gasteiger partial charge in [-0.25, -0.2) is 8.78 Å². The molecule has 2 aromatic heterocycles. The molecule has 1 fully saturated rings. The van der Waals surface area contributed by atoms with Crippen molar-refractivity contribution in [3.63, 3.8) is 0 Å². The zero-order valence-electron chi connectivity index (χ0n) is 13.6. The Morgan fingerprint density at radius 1 is 1.15 bits per heavy atom. The summed E-state index contributed by atoms with van der Waals surface area (Å²) in [6, 6.07) is 9.25. The Balaban J connectivity index is 1.76. The van der Waals surface area contributed by atoms with Crippen LogP contribution < -0.4 is 0 Å². The number of likely N-dealkylation sites (tertiary alicyclic amines) is 1. The number of β-amino-alcohol motifs (C(OH)–C–C–N with tert-alkyl or cyclic N) is 1. The molecule has 0 saturated carbocycles. The Bertz CT molecular complexity index is 980. The highest BCUT2D eigenvalue weighted by Gasteiger charge is 2.34. The SMILES string of the molecule is O=C(c1cc(F)cc(-c2nccc3ncccc23)c1)N1C[C@@H](O)[C@H](F)C1. The first-order chi connectivity index (χ1) is 12.5. The molecule has 0 unspecified atom stereocenters. The summed E-state index contributed by atoms with van der Waals surface area (Å²) in [5, 5.41) is 10.2. The molecule has 1 saturated heterocycles. The summed E-state index contributed by atoms with van der Waals surface area (Å²) in [5.41, 5.74) is 1.74. The number of hydrogen-bond acceptors (Lipinski definition) is 4. The van der Waals surface area contributed by atoms with E-state index in [-0.39, 0.29) is 18.7 Å². The van der Waals surface area contributed by atoms with Crippen LogP contribution >= 0.6 is 0 Å². The molecule has 0 spiro atoms. The summed E-state index contributed by atoms with van der Waals surface area (Å²) >= 11 is 0. The van der Waals surface area contributed by atoms with Gasteiger partial charge in [-0.05, 0) is 36.4 Å². The van der Waals surface area contributed by atoms with Crippen molar-refractivity contribution in [2.75, 3.05) is 13.1 Å². The van der Waals surface area contributed by atoms with Crippen LogP contribution in [-0.2, 0) is 0 Å². The largest absolute Gasteiger partial charge is 0.388 e. The van der Waals surface area contributed by atoms with Crippen molar-refractivity contribution in [2.45, 2.75) is 12.3 Å². The van der Waals surface area contributed by atoms with Gasteiger partial charge in [-0.15, -0.1) is 0 Å². The number of aliphatic hydroxyl groups is 1. The predicted molar refractivity (Wildman–Crippen MR) is 91.7 cm³/mol. The van der Waals surface area contributed by atoms with E-state index in [1.165, 1.54) is 17.0 Å². The van der Waals surface area contributed by atoms with Gasteiger partial charge < -0.3 is 10.0 Å². The van der Waals surface area contributed by atoms with Gasteiger partial charge in [0.25, 0.3) is 5.91 Å². The number of benzene rings is 1. The molecule has 7 heteroatoms. The minimum atomic E-state index is -1.49. The van der Waals surface area contributed by atoms with Gasteiger partial charge in [0.1, 0.15) is 18.1 Å². The molecule has 1 amide bonds. The van der Waals surface area contributed by atoms with Crippen LogP contribution in [0.15, 0.2) is 48.8 Å². The van der Waals surface area contributed by atoms with E-state index in [4.69, 9.17) is 0 Å². The molecule has 1 aliphatic heterocycles. The van der Waals surface area contributed by atoms with E-state index in [0.717, 1.165) is 11.5 Å². The van der Waals surface area contributed by atoms with Crippen LogP contribution in [0.5, 0.6) is 0 Å². The number of fused-ring (bicyclic) bond motifs is 1. The monoisotopic (exact) mass is 355 g/mol. The van der Waals surface area contributed by atoms with E-state index in [1.807, 2.05) is 6.07 Å². The predicted octanol–water partition coefficient (Wildman–Crippen LogP) is 2.59. The maximum Gasteiger partial charge on any atom is 0.254 e. The number of nitrogens with zero attached hydrogens (tertiary/aromatic N) is 3. The highest BCUT2D eigenvalue weighted by Crippen LogP contribution is 2.28. The van der Waals surface area contributed by atoms with Gasteiger partial charge in [0.15, 0.2) is 0 Å². The Labute approximate surface area is 147 Å². The van der Waals surface area contributed by atoms with Crippen LogP contribution in [0, 0.1) is 5.82 Å². The second kappa shape index (κ2) is 6.42. The Morgan fingerprint density at radius 2 is 2.00 bits per heavy atom. The Hall–Kier alpha value is -2.93. The highest BCUT2D eigenvalue weighted by atomic mass is 19.1. The Morgan fingerprint density at radius 3 is 2.77 bits per heavy atom. The van der Waals surface area contributed by atoms with E-state index in [1.54, 1.807) is 24.5 Å². The van der Waals surface area contributed by atoms with Crippen molar-refractivity contribution in [3.8, 4) is 11.3 Å². The average Bonchev–Trinajstić information content (AvgIpc) is 2.99. The molecule has 1 aromatic carbocycles. The molecule has 0 bridgehead atoms. The molecule has 132 valence electrons. The molecule has 0 radical (unpaired) electrons. The fourth-order valence-corrected chi connectivity index (χ4v) is 3.18. The highest BCUT2D eigenvalue weighted by molar-refractivity contribution is 5.98. The fourth-order valence-electron chi connectivity index (χ4n) is 3.18. The minimum Gasteiger partial charge on any atom is -0.388 e. The second-order valence-electron chi connectivity index (χ2n) is 6.25. The number of hydrogen-bond donors (Lipinski definition) is 1. The first-order valence-electron chi connectivity index (χ1n) is 8.15. The van der Waals surface area contributed by atoms with Crippen LogP contribution in [0.3, 0.4) is 0 Å². The second-order valence-corrected chi connectivity index (χ2v) is 6.25. The number of amides is 1. The molecule has 0 aliphatic carbocycles. The summed E-state index contributed by atoms with van der Waals surface area (Å²) in [5.74, 6) is -1.12. The molecule has 2 atom stereocenters. The van der Waals surface area contributed by atoms with Gasteiger partial charge >= 0.3 is 0 Å². The van der Waals surface area contributed by atoms with Gasteiger partial charge in [-0.2, -0.15) is 0 Å². The van der Waals surface area contributed by atoms with Crippen molar-refractivity contribution in [2.24, 2.45) is 0 Å². The van der Waals surface area contributed by atoms with Crippen molar-refractivity contribution in [1.29, 1.82) is 0 Å². The third-order valence-electron chi connectivity index (χ3n) is 4.45. The topological polar surface area (TPSA) is 66.3 Å². The van der Waals surface area contributed by atoms with Gasteiger partial charge in [-0.1, -0.05) is 0 Å². The molecule has 3 heterocycles. The van der Waals surface area contributed by atoms with Gasteiger partial charge in [0.05, 0.1) is 17.8 Å². The number of alkyl halides is 1. The smallest absolute Gasteiger partial charge is 0.254 e. The summed E-state index contributed by atoms with van der Waals surface area (Å²) in [6.07, 6.45) is 0.524. The van der Waals surface area contributed by atoms with Crippen LogP contribution in [0.25, 0.3) is 22.2 Å². The van der Waals surface area contributed by atoms with E-state index in [9.17, 15) is 18.7 Å². The number of carbonyl (C=O) groups excluding carboxylic acids is 1. The number of carbonyl (C=O) groups is 1. The van der Waals surface area contributed by atoms with Crippen LogP contribution in [0.2, 0.25) is 0 Å². The van der Waals surface area contributed by atoms with Crippen molar-refractivity contribution in [3.05, 3.63) is 60.2 Å². The summed E-state index contributed by atoms with van der Waals surface area (Å²) in [7, 11) is 0. The number of rotatable bonds is 2. The summed E-state index contributed by atoms with van der Waals surface area (Å²) in [4.78, 5) is 22.3. The average molecular weight is 355 g/mol. The summed E-state index contributed by atoms with van der Waals surface area (Å²) < 4.78 is 27.7. The van der Waals surface area contributed by atoms with Crippen LogP contribution in [0.1, 0.15) is 10.4 Å². The van der Waals surface area contributed by atoms with Gasteiger partial charge in [-0.3, -0.25) is 14.8 Å². The van der Waals surface area contributed by atoms with E-state index >= 15 is 0 Å². The van der Waals surface area contributed by atoms with Crippen molar-refractivity contribution >= 4 is 16.8 Å². The first kappa shape index (κ1) is 16.5. The molecule has 3 aromatic rings. The fraction of sp³-hybridized carbons (Fsp3) is 0.211. The molecular formula is C19H15F2N3O2. The summed E-state index contributed by atoms with van der Waals surface area (Å²) in [6.45, 7) is -0.315.